The Hall–Kier alpha value is -6.93. The standard InChI is InChI=1S/C23H19F3N4O2S.C20H14F3N3OS.C2H7N/c1-14-4-5-16(20(31)12-18-11-17(8-9-27-18)23(24,25)26)10-15(14)6-7-19-13-28-21(33-19)29-22(32)30(2)3;1-12-2-3-14(8-13(12)4-5-17-11-26-19(24)28-17)18(27)10-16-9-15(6-7-25-16)20(21,22)23;1-3-2/h4-5,8-11,13H,12H2,1-3H3,(H,28,29,32);2-3,6-9,11H,10H2,1H3,(H2,24,26);3H,1-2H3. The number of carbonyl (C=O) groups is 3. The van der Waals surface area contributed by atoms with Crippen LogP contribution in [0.3, 0.4) is 0 Å². The van der Waals surface area contributed by atoms with Gasteiger partial charge in [-0.1, -0.05) is 58.8 Å². The van der Waals surface area contributed by atoms with Crippen LogP contribution in [0.5, 0.6) is 0 Å². The minimum absolute atomic E-state index is 0.0417. The van der Waals surface area contributed by atoms with Crippen molar-refractivity contribution >= 4 is 50.5 Å². The summed E-state index contributed by atoms with van der Waals surface area (Å²) in [6, 6.07) is 13.1. The molecule has 6 rings (SSSR count). The maximum absolute atomic E-state index is 12.9. The van der Waals surface area contributed by atoms with Crippen molar-refractivity contribution in [2.24, 2.45) is 0 Å². The molecule has 0 fully saturated rings. The second-order valence-corrected chi connectivity index (χ2v) is 15.8. The molecule has 4 aromatic heterocycles. The number of urea groups is 1. The van der Waals surface area contributed by atoms with E-state index in [2.05, 4.69) is 54.3 Å². The van der Waals surface area contributed by atoms with Crippen molar-refractivity contribution in [3.05, 3.63) is 151 Å². The van der Waals surface area contributed by atoms with Crippen LogP contribution in [-0.2, 0) is 25.2 Å². The van der Waals surface area contributed by atoms with Crippen LogP contribution in [0.4, 0.5) is 41.4 Å². The molecule has 0 aliphatic rings. The average Bonchev–Trinajstić information content (AvgIpc) is 3.88. The van der Waals surface area contributed by atoms with Crippen molar-refractivity contribution in [1.82, 2.24) is 30.2 Å². The molecule has 2 amide bonds. The van der Waals surface area contributed by atoms with E-state index in [9.17, 15) is 40.7 Å². The molecule has 0 unspecified atom stereocenters. The number of anilines is 2. The van der Waals surface area contributed by atoms with Crippen LogP contribution >= 0.6 is 22.7 Å². The van der Waals surface area contributed by atoms with E-state index in [0.29, 0.717) is 42.3 Å². The van der Waals surface area contributed by atoms with Gasteiger partial charge >= 0.3 is 18.4 Å². The quantitative estimate of drug-likeness (QED) is 0.0809. The van der Waals surface area contributed by atoms with Crippen molar-refractivity contribution in [3.63, 3.8) is 0 Å². The van der Waals surface area contributed by atoms with Crippen molar-refractivity contribution < 1.29 is 40.7 Å². The van der Waals surface area contributed by atoms with Crippen molar-refractivity contribution in [2.75, 3.05) is 39.2 Å². The lowest BCUT2D eigenvalue weighted by atomic mass is 10.00. The number of aryl methyl sites for hydroxylation is 2. The molecule has 0 aliphatic carbocycles. The average molecular weight is 919 g/mol. The van der Waals surface area contributed by atoms with Gasteiger partial charge in [0, 0.05) is 60.1 Å². The zero-order valence-corrected chi connectivity index (χ0v) is 36.8. The first-order valence-electron chi connectivity index (χ1n) is 18.8. The molecule has 11 nitrogen and oxygen atoms in total. The molecule has 0 spiro atoms. The number of carbonyl (C=O) groups excluding carboxylic acids is 3. The summed E-state index contributed by atoms with van der Waals surface area (Å²) >= 11 is 2.46. The number of ketones is 2. The normalized spacial score (nSPS) is 10.7. The first-order chi connectivity index (χ1) is 30.2. The molecule has 6 aromatic rings. The Kier molecular flexibility index (Phi) is 17.4. The fraction of sp³-hybridized carbons (Fsp3) is 0.222. The molecule has 4 heterocycles. The topological polar surface area (TPSA) is 156 Å². The van der Waals surface area contributed by atoms with Gasteiger partial charge in [0.15, 0.2) is 21.8 Å². The Balaban J connectivity index is 0.000000267. The van der Waals surface area contributed by atoms with E-state index in [1.165, 1.54) is 33.8 Å². The SMILES string of the molecule is CNC.Cc1ccc(C(=O)Cc2cc(C(F)(F)F)ccn2)cc1C#Cc1cnc(N)s1.Cc1ccc(C(=O)Cc2cc(C(F)(F)F)ccn2)cc1C#Cc1cnc(NC(=O)N(C)C)s1. The number of thiazole rings is 2. The molecule has 332 valence electrons. The number of nitrogens with two attached hydrogens (primary N) is 1. The molecular weight excluding hydrogens is 879 g/mol. The van der Waals surface area contributed by atoms with Gasteiger partial charge in [0.25, 0.3) is 0 Å². The number of alkyl halides is 6. The third-order valence-corrected chi connectivity index (χ3v) is 9.95. The number of hydrogen-bond acceptors (Lipinski definition) is 11. The number of aromatic nitrogens is 4. The monoisotopic (exact) mass is 918 g/mol. The summed E-state index contributed by atoms with van der Waals surface area (Å²) in [5.74, 6) is 11.2. The molecule has 4 N–H and O–H groups in total. The summed E-state index contributed by atoms with van der Waals surface area (Å²) in [4.78, 5) is 55.3. The van der Waals surface area contributed by atoms with Gasteiger partial charge in [0.2, 0.25) is 0 Å². The minimum Gasteiger partial charge on any atom is -0.375 e. The third kappa shape index (κ3) is 15.2. The number of nitrogens with one attached hydrogen (secondary N) is 2. The summed E-state index contributed by atoms with van der Waals surface area (Å²) < 4.78 is 77.1. The van der Waals surface area contributed by atoms with Crippen LogP contribution in [0.15, 0.2) is 85.5 Å². The van der Waals surface area contributed by atoms with Gasteiger partial charge in [-0.2, -0.15) is 26.3 Å². The predicted molar refractivity (Wildman–Crippen MR) is 235 cm³/mol. The maximum Gasteiger partial charge on any atom is 0.416 e. The van der Waals surface area contributed by atoms with Crippen molar-refractivity contribution in [1.29, 1.82) is 0 Å². The van der Waals surface area contributed by atoms with E-state index in [1.807, 2.05) is 27.9 Å². The third-order valence-electron chi connectivity index (χ3n) is 8.38. The number of nitrogen functional groups attached to an aromatic ring is 1. The fourth-order valence-electron chi connectivity index (χ4n) is 5.09. The Morgan fingerprint density at radius 1 is 0.656 bits per heavy atom. The molecule has 19 heteroatoms. The number of pyridine rings is 2. The van der Waals surface area contributed by atoms with Crippen LogP contribution in [0.2, 0.25) is 0 Å². The van der Waals surface area contributed by atoms with E-state index >= 15 is 0 Å². The van der Waals surface area contributed by atoms with Gasteiger partial charge in [-0.15, -0.1) is 0 Å². The van der Waals surface area contributed by atoms with E-state index in [1.54, 1.807) is 56.7 Å². The first-order valence-corrected chi connectivity index (χ1v) is 20.4. The molecular formula is C45H40F6N8O3S2. The summed E-state index contributed by atoms with van der Waals surface area (Å²) in [6.07, 6.45) is -4.27. The van der Waals surface area contributed by atoms with E-state index < -0.39 is 23.5 Å². The Morgan fingerprint density at radius 3 is 1.50 bits per heavy atom. The molecule has 64 heavy (non-hydrogen) atoms. The summed E-state index contributed by atoms with van der Waals surface area (Å²) in [7, 11) is 6.98. The highest BCUT2D eigenvalue weighted by Crippen LogP contribution is 2.30. The Morgan fingerprint density at radius 2 is 1.09 bits per heavy atom. The zero-order valence-electron chi connectivity index (χ0n) is 35.1. The largest absolute Gasteiger partial charge is 0.416 e. The van der Waals surface area contributed by atoms with E-state index in [4.69, 9.17) is 5.73 Å². The van der Waals surface area contributed by atoms with Crippen LogP contribution in [0.25, 0.3) is 0 Å². The van der Waals surface area contributed by atoms with Crippen LogP contribution in [-0.4, -0.2) is 70.6 Å². The number of benzene rings is 2. The predicted octanol–water partition coefficient (Wildman–Crippen LogP) is 8.89. The molecule has 2 aromatic carbocycles. The number of hydrogen-bond donors (Lipinski definition) is 3. The molecule has 0 atom stereocenters. The lowest BCUT2D eigenvalue weighted by Crippen LogP contribution is -2.27. The second-order valence-electron chi connectivity index (χ2n) is 13.7. The van der Waals surface area contributed by atoms with Gasteiger partial charge in [-0.05, 0) is 87.3 Å². The molecule has 0 bridgehead atoms. The van der Waals surface area contributed by atoms with Crippen LogP contribution < -0.4 is 16.4 Å². The van der Waals surface area contributed by atoms with E-state index in [-0.39, 0.29) is 41.8 Å². The second kappa shape index (κ2) is 22.4. The lowest BCUT2D eigenvalue weighted by Gasteiger charge is -2.08. The molecule has 0 saturated carbocycles. The number of rotatable bonds is 7. The Labute approximate surface area is 373 Å². The molecule has 0 aliphatic heterocycles. The fourth-order valence-corrected chi connectivity index (χ4v) is 6.29. The van der Waals surface area contributed by atoms with Gasteiger partial charge in [0.05, 0.1) is 46.1 Å². The smallest absolute Gasteiger partial charge is 0.375 e. The first kappa shape index (κ1) is 49.7. The molecule has 0 radical (unpaired) electrons. The van der Waals surface area contributed by atoms with E-state index in [0.717, 1.165) is 47.8 Å². The summed E-state index contributed by atoms with van der Waals surface area (Å²) in [5.41, 5.74) is 7.64. The van der Waals surface area contributed by atoms with Gasteiger partial charge < -0.3 is 16.0 Å². The Bertz CT molecular complexity index is 2740. The molecule has 0 saturated heterocycles. The van der Waals surface area contributed by atoms with Crippen LogP contribution in [0.1, 0.15) is 75.2 Å². The lowest BCUT2D eigenvalue weighted by molar-refractivity contribution is -0.138. The number of nitrogens with zero attached hydrogens (tertiary/aromatic N) is 5. The van der Waals surface area contributed by atoms with Gasteiger partial charge in [-0.25, -0.2) is 14.8 Å². The van der Waals surface area contributed by atoms with Crippen LogP contribution in [0, 0.1) is 37.5 Å². The van der Waals surface area contributed by atoms with Crippen molar-refractivity contribution in [2.45, 2.75) is 39.0 Å². The highest BCUT2D eigenvalue weighted by atomic mass is 32.1. The highest BCUT2D eigenvalue weighted by Gasteiger charge is 2.31. The van der Waals surface area contributed by atoms with Gasteiger partial charge in [0.1, 0.15) is 0 Å². The zero-order chi connectivity index (χ0) is 47.2. The van der Waals surface area contributed by atoms with Gasteiger partial charge in [-0.3, -0.25) is 24.9 Å². The number of amides is 2. The summed E-state index contributed by atoms with van der Waals surface area (Å²) in [5, 5.41) is 6.21. The number of Topliss-reactive ketones (excluding diaryl/α,β-unsaturated/α-hetero) is 2. The minimum atomic E-state index is -4.50. The maximum atomic E-state index is 12.9. The number of halogens is 6. The highest BCUT2D eigenvalue weighted by molar-refractivity contribution is 7.16. The van der Waals surface area contributed by atoms with Crippen molar-refractivity contribution in [3.8, 4) is 23.7 Å². The summed E-state index contributed by atoms with van der Waals surface area (Å²) in [6.45, 7) is 3.69.